The van der Waals surface area contributed by atoms with Crippen molar-refractivity contribution in [3.05, 3.63) is 18.0 Å². The van der Waals surface area contributed by atoms with Crippen LogP contribution >= 0.6 is 0 Å². The smallest absolute Gasteiger partial charge is 0.0492 e. The van der Waals surface area contributed by atoms with Gasteiger partial charge in [-0.3, -0.25) is 16.0 Å². The summed E-state index contributed by atoms with van der Waals surface area (Å²) in [5, 5.41) is 4.13. The molecule has 1 aromatic rings. The maximum Gasteiger partial charge on any atom is 0.0492 e. The van der Waals surface area contributed by atoms with Crippen molar-refractivity contribution in [3.8, 4) is 0 Å². The molecule has 0 aliphatic heterocycles. The minimum atomic E-state index is 0.380. The topological polar surface area (TPSA) is 55.9 Å². The van der Waals surface area contributed by atoms with E-state index in [-0.39, 0.29) is 0 Å². The van der Waals surface area contributed by atoms with Crippen molar-refractivity contribution in [2.24, 2.45) is 18.8 Å². The second-order valence-electron chi connectivity index (χ2n) is 4.00. The van der Waals surface area contributed by atoms with Gasteiger partial charge in [-0.25, -0.2) is 0 Å². The van der Waals surface area contributed by atoms with E-state index >= 15 is 0 Å². The average Bonchev–Trinajstić information content (AvgIpc) is 2.52. The molecule has 3 N–H and O–H groups in total. The van der Waals surface area contributed by atoms with Crippen LogP contribution in [-0.2, 0) is 13.5 Å². The summed E-state index contributed by atoms with van der Waals surface area (Å²) in [6.45, 7) is 4.35. The van der Waals surface area contributed by atoms with Crippen molar-refractivity contribution in [1.29, 1.82) is 0 Å². The molecule has 0 amide bonds. The number of hydrogen-bond acceptors (Lipinski definition) is 3. The van der Waals surface area contributed by atoms with Crippen molar-refractivity contribution >= 4 is 0 Å². The Labute approximate surface area is 85.5 Å². The van der Waals surface area contributed by atoms with Crippen LogP contribution in [0.15, 0.2) is 12.3 Å². The molecule has 1 heterocycles. The number of aromatic nitrogens is 2. The number of hydrogen-bond donors (Lipinski definition) is 2. The summed E-state index contributed by atoms with van der Waals surface area (Å²) in [7, 11) is 1.97. The van der Waals surface area contributed by atoms with Crippen LogP contribution in [0.3, 0.4) is 0 Å². The van der Waals surface area contributed by atoms with Crippen LogP contribution in [0.5, 0.6) is 0 Å². The number of nitrogens with one attached hydrogen (secondary N) is 1. The number of nitrogens with zero attached hydrogens (tertiary/aromatic N) is 2. The first-order chi connectivity index (χ1) is 6.65. The lowest BCUT2D eigenvalue weighted by Crippen LogP contribution is -2.39. The number of rotatable bonds is 5. The Kier molecular flexibility index (Phi) is 4.10. The van der Waals surface area contributed by atoms with E-state index < -0.39 is 0 Å². The summed E-state index contributed by atoms with van der Waals surface area (Å²) in [5.41, 5.74) is 4.11. The SMILES string of the molecule is CC(C)C(CCc1ccnn1C)NN. The molecular weight excluding hydrogens is 176 g/mol. The zero-order valence-corrected chi connectivity index (χ0v) is 9.20. The second kappa shape index (κ2) is 5.12. The molecule has 1 unspecified atom stereocenters. The first kappa shape index (κ1) is 11.2. The second-order valence-corrected chi connectivity index (χ2v) is 4.00. The van der Waals surface area contributed by atoms with E-state index in [1.54, 1.807) is 0 Å². The minimum absolute atomic E-state index is 0.380. The van der Waals surface area contributed by atoms with Crippen molar-refractivity contribution in [3.63, 3.8) is 0 Å². The van der Waals surface area contributed by atoms with Crippen LogP contribution in [0.4, 0.5) is 0 Å². The highest BCUT2D eigenvalue weighted by Crippen LogP contribution is 2.09. The van der Waals surface area contributed by atoms with E-state index in [9.17, 15) is 0 Å². The van der Waals surface area contributed by atoms with E-state index in [0.29, 0.717) is 12.0 Å². The quantitative estimate of drug-likeness (QED) is 0.542. The Bertz CT molecular complexity index is 267. The molecule has 4 nitrogen and oxygen atoms in total. The molecule has 0 spiro atoms. The summed E-state index contributed by atoms with van der Waals surface area (Å²) in [6.07, 6.45) is 3.90. The summed E-state index contributed by atoms with van der Waals surface area (Å²) >= 11 is 0. The molecule has 0 aliphatic rings. The Morgan fingerprint density at radius 2 is 2.29 bits per heavy atom. The maximum atomic E-state index is 5.48. The third-order valence-electron chi connectivity index (χ3n) is 2.65. The number of aryl methyl sites for hydroxylation is 2. The third-order valence-corrected chi connectivity index (χ3v) is 2.65. The maximum absolute atomic E-state index is 5.48. The highest BCUT2D eigenvalue weighted by atomic mass is 15.3. The lowest BCUT2D eigenvalue weighted by molar-refractivity contribution is 0.381. The van der Waals surface area contributed by atoms with Crippen LogP contribution in [0.2, 0.25) is 0 Å². The number of hydrazine groups is 1. The van der Waals surface area contributed by atoms with Crippen molar-refractivity contribution < 1.29 is 0 Å². The molecule has 1 rings (SSSR count). The molecule has 0 bridgehead atoms. The molecular formula is C10H20N4. The van der Waals surface area contributed by atoms with Crippen molar-refractivity contribution in [1.82, 2.24) is 15.2 Å². The predicted octanol–water partition coefficient (Wildman–Crippen LogP) is 0.841. The minimum Gasteiger partial charge on any atom is -0.273 e. The molecule has 0 saturated carbocycles. The number of nitrogens with two attached hydrogens (primary N) is 1. The van der Waals surface area contributed by atoms with Gasteiger partial charge in [0.25, 0.3) is 0 Å². The van der Waals surface area contributed by atoms with E-state index in [1.807, 2.05) is 24.0 Å². The van der Waals surface area contributed by atoms with Crippen LogP contribution in [0.25, 0.3) is 0 Å². The van der Waals surface area contributed by atoms with Gasteiger partial charge in [-0.1, -0.05) is 13.8 Å². The largest absolute Gasteiger partial charge is 0.273 e. The van der Waals surface area contributed by atoms with Gasteiger partial charge in [0.2, 0.25) is 0 Å². The van der Waals surface area contributed by atoms with E-state index in [0.717, 1.165) is 12.8 Å². The lowest BCUT2D eigenvalue weighted by Gasteiger charge is -2.19. The molecule has 1 aromatic heterocycles. The van der Waals surface area contributed by atoms with Gasteiger partial charge in [-0.05, 0) is 24.8 Å². The van der Waals surface area contributed by atoms with Crippen LogP contribution in [0.1, 0.15) is 26.0 Å². The van der Waals surface area contributed by atoms with E-state index in [1.165, 1.54) is 5.69 Å². The fourth-order valence-electron chi connectivity index (χ4n) is 1.56. The summed E-state index contributed by atoms with van der Waals surface area (Å²) in [6, 6.07) is 2.43. The van der Waals surface area contributed by atoms with Gasteiger partial charge >= 0.3 is 0 Å². The average molecular weight is 196 g/mol. The summed E-state index contributed by atoms with van der Waals surface area (Å²) in [4.78, 5) is 0. The first-order valence-electron chi connectivity index (χ1n) is 5.08. The van der Waals surface area contributed by atoms with Crippen molar-refractivity contribution in [2.45, 2.75) is 32.7 Å². The lowest BCUT2D eigenvalue weighted by atomic mass is 9.99. The molecule has 0 fully saturated rings. The van der Waals surface area contributed by atoms with Crippen LogP contribution in [-0.4, -0.2) is 15.8 Å². The molecule has 0 aromatic carbocycles. The molecule has 0 radical (unpaired) electrons. The van der Waals surface area contributed by atoms with E-state index in [2.05, 4.69) is 24.4 Å². The third kappa shape index (κ3) is 2.82. The van der Waals surface area contributed by atoms with Gasteiger partial charge in [0, 0.05) is 25.0 Å². The fraction of sp³-hybridized carbons (Fsp3) is 0.700. The molecule has 14 heavy (non-hydrogen) atoms. The molecule has 80 valence electrons. The zero-order chi connectivity index (χ0) is 10.6. The predicted molar refractivity (Wildman–Crippen MR) is 57.5 cm³/mol. The monoisotopic (exact) mass is 196 g/mol. The van der Waals surface area contributed by atoms with Gasteiger partial charge in [-0.2, -0.15) is 5.10 Å². The van der Waals surface area contributed by atoms with Gasteiger partial charge in [-0.15, -0.1) is 0 Å². The Morgan fingerprint density at radius 3 is 2.71 bits per heavy atom. The van der Waals surface area contributed by atoms with Gasteiger partial charge in [0.1, 0.15) is 0 Å². The molecule has 0 saturated heterocycles. The molecule has 1 atom stereocenters. The zero-order valence-electron chi connectivity index (χ0n) is 9.20. The van der Waals surface area contributed by atoms with E-state index in [4.69, 9.17) is 5.84 Å². The highest BCUT2D eigenvalue weighted by Gasteiger charge is 2.11. The molecule has 0 aliphatic carbocycles. The normalized spacial score (nSPS) is 13.5. The Morgan fingerprint density at radius 1 is 1.57 bits per heavy atom. The van der Waals surface area contributed by atoms with Gasteiger partial charge in [0.05, 0.1) is 0 Å². The van der Waals surface area contributed by atoms with Crippen molar-refractivity contribution in [2.75, 3.05) is 0 Å². The summed E-state index contributed by atoms with van der Waals surface area (Å²) < 4.78 is 1.91. The summed E-state index contributed by atoms with van der Waals surface area (Å²) in [5.74, 6) is 6.04. The van der Waals surface area contributed by atoms with Crippen LogP contribution < -0.4 is 11.3 Å². The standard InChI is InChI=1S/C10H20N4/c1-8(2)10(13-11)5-4-9-6-7-12-14(9)3/h6-8,10,13H,4-5,11H2,1-3H3. The van der Waals surface area contributed by atoms with Gasteiger partial charge in [0.15, 0.2) is 0 Å². The van der Waals surface area contributed by atoms with Gasteiger partial charge < -0.3 is 0 Å². The Balaban J connectivity index is 2.43. The fourth-order valence-corrected chi connectivity index (χ4v) is 1.56. The van der Waals surface area contributed by atoms with Crippen LogP contribution in [0, 0.1) is 5.92 Å². The Hall–Kier alpha value is -0.870. The molecule has 4 heteroatoms. The highest BCUT2D eigenvalue weighted by molar-refractivity contribution is 5.00. The first-order valence-corrected chi connectivity index (χ1v) is 5.08.